The highest BCUT2D eigenvalue weighted by molar-refractivity contribution is 6.32. The number of carboxylic acid groups (broad SMARTS) is 2. The first-order valence-corrected chi connectivity index (χ1v) is 25.6. The molecule has 6 aromatic rings. The van der Waals surface area contributed by atoms with Gasteiger partial charge in [0.1, 0.15) is 61.5 Å². The Bertz CT molecular complexity index is 2820. The summed E-state index contributed by atoms with van der Waals surface area (Å²) in [6.07, 6.45) is 15.1. The number of carboxylic acids is 2. The topological polar surface area (TPSA) is 168 Å². The molecular formula is C58H62Cl2N6O8. The molecule has 2 saturated heterocycles. The van der Waals surface area contributed by atoms with Crippen LogP contribution < -0.4 is 18.9 Å². The summed E-state index contributed by atoms with van der Waals surface area (Å²) in [4.78, 5) is 45.4. The zero-order chi connectivity index (χ0) is 52.1. The number of carbonyl (C=O) groups is 2. The maximum absolute atomic E-state index is 12.2. The second-order valence-electron chi connectivity index (χ2n) is 18.8. The lowest BCUT2D eigenvalue weighted by atomic mass is 9.92. The first-order chi connectivity index (χ1) is 35.9. The van der Waals surface area contributed by atoms with E-state index < -0.39 is 24.0 Å². The second-order valence-corrected chi connectivity index (χ2v) is 19.6. The standard InChI is InChI=1S/C58H62Cl2N6O8/c1-37-43(35-73-55-23-53(71-33-41-19-39(25-61-3)27-63-29-41)45(21-49(55)59)31-65-17-7-5-15-51(65)57(67)68)11-9-13-47(37)48-14-10-12-44(38(48)2)36-74-56-24-54(72-34-42-20-40(26-62-4)28-64-30-42)46(22-50(56)60)32-66-18-8-6-16-52(66)58(69)70/h9-14,19-30,51-52H,5-8,15-18,31-36H2,1-4H3,(H,67,68)(H,69,70)/t51-,52-/m0/s1. The van der Waals surface area contributed by atoms with E-state index in [0.717, 1.165) is 92.4 Å². The maximum Gasteiger partial charge on any atom is 0.320 e. The number of aliphatic imine (C=N–C) groups is 2. The van der Waals surface area contributed by atoms with E-state index in [1.165, 1.54) is 0 Å². The van der Waals surface area contributed by atoms with Crippen molar-refractivity contribution in [2.75, 3.05) is 27.2 Å². The minimum Gasteiger partial charge on any atom is -0.488 e. The maximum atomic E-state index is 12.2. The quantitative estimate of drug-likeness (QED) is 0.0656. The lowest BCUT2D eigenvalue weighted by Gasteiger charge is -2.33. The van der Waals surface area contributed by atoms with Crippen molar-refractivity contribution in [1.29, 1.82) is 0 Å². The fourth-order valence-electron chi connectivity index (χ4n) is 9.76. The number of piperidine rings is 2. The molecule has 0 radical (unpaired) electrons. The van der Waals surface area contributed by atoms with Gasteiger partial charge in [-0.05, 0) is 110 Å². The molecule has 0 saturated carbocycles. The summed E-state index contributed by atoms with van der Waals surface area (Å²) in [6, 6.07) is 22.3. The first kappa shape index (κ1) is 53.5. The predicted octanol–water partition coefficient (Wildman–Crippen LogP) is 11.4. The van der Waals surface area contributed by atoms with E-state index in [0.29, 0.717) is 72.1 Å². The number of hydrogen-bond donors (Lipinski definition) is 2. The van der Waals surface area contributed by atoms with Crippen LogP contribution in [0.2, 0.25) is 10.0 Å². The summed E-state index contributed by atoms with van der Waals surface area (Å²) in [5, 5.41) is 20.9. The van der Waals surface area contributed by atoms with Gasteiger partial charge in [-0.1, -0.05) is 72.4 Å². The highest BCUT2D eigenvalue weighted by Crippen LogP contribution is 2.39. The van der Waals surface area contributed by atoms with Crippen LogP contribution in [-0.4, -0.2) is 93.6 Å². The summed E-state index contributed by atoms with van der Waals surface area (Å²) >= 11 is 14.0. The number of ether oxygens (including phenoxy) is 4. The van der Waals surface area contributed by atoms with Gasteiger partial charge in [0.2, 0.25) is 0 Å². The average molecular weight is 1040 g/mol. The van der Waals surface area contributed by atoms with Gasteiger partial charge in [0.05, 0.1) is 10.0 Å². The van der Waals surface area contributed by atoms with Crippen molar-refractivity contribution in [3.63, 3.8) is 0 Å². The van der Waals surface area contributed by atoms with Crippen molar-refractivity contribution in [1.82, 2.24) is 19.8 Å². The molecule has 4 aromatic carbocycles. The highest BCUT2D eigenvalue weighted by atomic mass is 35.5. The van der Waals surface area contributed by atoms with Gasteiger partial charge in [0.25, 0.3) is 0 Å². The van der Waals surface area contributed by atoms with Gasteiger partial charge in [-0.2, -0.15) is 0 Å². The molecular weight excluding hydrogens is 980 g/mol. The lowest BCUT2D eigenvalue weighted by molar-refractivity contribution is -0.145. The molecule has 14 nitrogen and oxygen atoms in total. The van der Waals surface area contributed by atoms with Gasteiger partial charge in [0.15, 0.2) is 0 Å². The van der Waals surface area contributed by atoms with E-state index in [9.17, 15) is 19.8 Å². The molecule has 2 aliphatic heterocycles. The Balaban J connectivity index is 1.01. The number of hydrogen-bond acceptors (Lipinski definition) is 12. The Morgan fingerprint density at radius 1 is 0.581 bits per heavy atom. The van der Waals surface area contributed by atoms with Crippen LogP contribution in [0.15, 0.2) is 108 Å². The van der Waals surface area contributed by atoms with Gasteiger partial charge < -0.3 is 29.2 Å². The average Bonchev–Trinajstić information content (AvgIpc) is 3.39. The number of rotatable bonds is 21. The van der Waals surface area contributed by atoms with Crippen molar-refractivity contribution in [2.45, 2.75) is 104 Å². The fraction of sp³-hybridized carbons (Fsp3) is 0.345. The smallest absolute Gasteiger partial charge is 0.320 e. The van der Waals surface area contributed by atoms with E-state index in [2.05, 4.69) is 45.9 Å². The fourth-order valence-corrected chi connectivity index (χ4v) is 10.2. The molecule has 386 valence electrons. The number of pyridine rings is 2. The number of nitrogens with zero attached hydrogens (tertiary/aromatic N) is 6. The minimum absolute atomic E-state index is 0.215. The molecule has 2 fully saturated rings. The van der Waals surface area contributed by atoms with Crippen molar-refractivity contribution in [3.05, 3.63) is 163 Å². The molecule has 8 rings (SSSR count). The summed E-state index contributed by atoms with van der Waals surface area (Å²) in [6.45, 7) is 7.04. The number of aromatic nitrogens is 2. The number of aliphatic carboxylic acids is 2. The van der Waals surface area contributed by atoms with E-state index >= 15 is 0 Å². The van der Waals surface area contributed by atoms with Gasteiger partial charge in [-0.25, -0.2) is 0 Å². The summed E-state index contributed by atoms with van der Waals surface area (Å²) < 4.78 is 25.9. The SMILES string of the molecule is CN=Cc1cncc(COc2cc(OCc3cccc(-c4cccc(COc5cc(OCc6cncc(C=NC)c6)c(CN6CCCC[C@H]6C(=O)O)cc5Cl)c4C)c3C)c(Cl)cc2CN2CCCC[C@H]2C(=O)O)c1. The van der Waals surface area contributed by atoms with Crippen LogP contribution in [0, 0.1) is 13.8 Å². The van der Waals surface area contributed by atoms with Gasteiger partial charge in [-0.3, -0.25) is 39.3 Å². The third kappa shape index (κ3) is 13.5. The number of benzene rings is 4. The summed E-state index contributed by atoms with van der Waals surface area (Å²) in [5.74, 6) is 0.292. The van der Waals surface area contributed by atoms with Crippen LogP contribution in [0.4, 0.5) is 0 Å². The van der Waals surface area contributed by atoms with E-state index in [1.807, 2.05) is 58.3 Å². The third-order valence-electron chi connectivity index (χ3n) is 13.7. The molecule has 74 heavy (non-hydrogen) atoms. The molecule has 2 aliphatic rings. The normalized spacial score (nSPS) is 16.4. The molecule has 0 aliphatic carbocycles. The van der Waals surface area contributed by atoms with Crippen molar-refractivity contribution >= 4 is 47.6 Å². The lowest BCUT2D eigenvalue weighted by Crippen LogP contribution is -2.44. The molecule has 0 amide bonds. The molecule has 2 aromatic heterocycles. The highest BCUT2D eigenvalue weighted by Gasteiger charge is 2.31. The Kier molecular flexibility index (Phi) is 18.3. The van der Waals surface area contributed by atoms with Gasteiger partial charge in [0, 0.05) is 110 Å². The van der Waals surface area contributed by atoms with Crippen LogP contribution in [0.25, 0.3) is 11.1 Å². The van der Waals surface area contributed by atoms with Crippen molar-refractivity contribution < 1.29 is 38.7 Å². The molecule has 0 unspecified atom stereocenters. The first-order valence-electron chi connectivity index (χ1n) is 24.9. The number of likely N-dealkylation sites (tertiary alicyclic amines) is 2. The Morgan fingerprint density at radius 2 is 1.00 bits per heavy atom. The molecule has 0 spiro atoms. The summed E-state index contributed by atoms with van der Waals surface area (Å²) in [7, 11) is 3.41. The Morgan fingerprint density at radius 3 is 1.41 bits per heavy atom. The van der Waals surface area contributed by atoms with Crippen LogP contribution in [0.3, 0.4) is 0 Å². The van der Waals surface area contributed by atoms with E-state index in [-0.39, 0.29) is 26.4 Å². The molecule has 2 N–H and O–H groups in total. The Hall–Kier alpha value is -6.84. The van der Waals surface area contributed by atoms with Crippen LogP contribution in [0.5, 0.6) is 23.0 Å². The number of halogens is 2. The van der Waals surface area contributed by atoms with Crippen molar-refractivity contribution in [3.8, 4) is 34.1 Å². The largest absolute Gasteiger partial charge is 0.488 e. The van der Waals surface area contributed by atoms with Gasteiger partial charge >= 0.3 is 11.9 Å². The van der Waals surface area contributed by atoms with E-state index in [1.54, 1.807) is 63.4 Å². The zero-order valence-electron chi connectivity index (χ0n) is 42.2. The third-order valence-corrected chi connectivity index (χ3v) is 14.3. The second kappa shape index (κ2) is 25.4. The zero-order valence-corrected chi connectivity index (χ0v) is 43.7. The minimum atomic E-state index is -0.836. The molecule has 2 atom stereocenters. The van der Waals surface area contributed by atoms with Crippen molar-refractivity contribution in [2.24, 2.45) is 9.98 Å². The van der Waals surface area contributed by atoms with E-state index in [4.69, 9.17) is 42.1 Å². The molecule has 16 heteroatoms. The van der Waals surface area contributed by atoms with Crippen LogP contribution in [0.1, 0.15) is 94.2 Å². The monoisotopic (exact) mass is 1040 g/mol. The summed E-state index contributed by atoms with van der Waals surface area (Å²) in [5.41, 5.74) is 11.0. The van der Waals surface area contributed by atoms with Crippen LogP contribution >= 0.6 is 23.2 Å². The predicted molar refractivity (Wildman–Crippen MR) is 288 cm³/mol. The van der Waals surface area contributed by atoms with Gasteiger partial charge in [-0.15, -0.1) is 0 Å². The van der Waals surface area contributed by atoms with Crippen LogP contribution in [-0.2, 0) is 49.1 Å². The molecule has 0 bridgehead atoms. The Labute approximate surface area is 442 Å². The molecule has 4 heterocycles.